The van der Waals surface area contributed by atoms with Crippen LogP contribution < -0.4 is 5.32 Å². The van der Waals surface area contributed by atoms with E-state index in [1.165, 1.54) is 0 Å². The van der Waals surface area contributed by atoms with E-state index in [0.29, 0.717) is 0 Å². The zero-order valence-corrected chi connectivity index (χ0v) is 9.70. The van der Waals surface area contributed by atoms with Gasteiger partial charge in [0.05, 0.1) is 0 Å². The first-order valence-corrected chi connectivity index (χ1v) is 5.57. The highest BCUT2D eigenvalue weighted by atomic mass is 79.9. The molecule has 2 rings (SSSR count). The van der Waals surface area contributed by atoms with Gasteiger partial charge in [-0.15, -0.1) is 0 Å². The SMILES string of the molecule is CC1(c2ccc(Br)cc2F)CCNC1. The molecule has 1 unspecified atom stereocenters. The highest BCUT2D eigenvalue weighted by molar-refractivity contribution is 9.10. The van der Waals surface area contributed by atoms with Crippen molar-refractivity contribution in [2.75, 3.05) is 13.1 Å². The maximum atomic E-state index is 13.7. The van der Waals surface area contributed by atoms with Crippen molar-refractivity contribution in [3.63, 3.8) is 0 Å². The van der Waals surface area contributed by atoms with Crippen LogP contribution in [0.15, 0.2) is 22.7 Å². The molecule has 0 bridgehead atoms. The monoisotopic (exact) mass is 257 g/mol. The number of halogens is 2. The molecule has 1 saturated heterocycles. The van der Waals surface area contributed by atoms with E-state index < -0.39 is 0 Å². The van der Waals surface area contributed by atoms with Gasteiger partial charge in [-0.3, -0.25) is 0 Å². The molecule has 1 aliphatic heterocycles. The van der Waals surface area contributed by atoms with E-state index in [1.54, 1.807) is 6.07 Å². The minimum Gasteiger partial charge on any atom is -0.316 e. The molecular weight excluding hydrogens is 245 g/mol. The molecule has 1 N–H and O–H groups in total. The lowest BCUT2D eigenvalue weighted by molar-refractivity contribution is 0.482. The molecule has 1 nitrogen and oxygen atoms in total. The van der Waals surface area contributed by atoms with Gasteiger partial charge in [-0.05, 0) is 30.7 Å². The summed E-state index contributed by atoms with van der Waals surface area (Å²) in [6, 6.07) is 5.33. The van der Waals surface area contributed by atoms with Gasteiger partial charge in [0.1, 0.15) is 5.82 Å². The number of nitrogens with one attached hydrogen (secondary N) is 1. The molecule has 1 atom stereocenters. The van der Waals surface area contributed by atoms with Crippen molar-refractivity contribution in [2.24, 2.45) is 0 Å². The van der Waals surface area contributed by atoms with Crippen molar-refractivity contribution < 1.29 is 4.39 Å². The fourth-order valence-electron chi connectivity index (χ4n) is 2.03. The summed E-state index contributed by atoms with van der Waals surface area (Å²) in [4.78, 5) is 0. The summed E-state index contributed by atoms with van der Waals surface area (Å²) < 4.78 is 14.5. The fourth-order valence-corrected chi connectivity index (χ4v) is 2.36. The number of hydrogen-bond donors (Lipinski definition) is 1. The molecule has 0 spiro atoms. The van der Waals surface area contributed by atoms with Crippen molar-refractivity contribution in [3.8, 4) is 0 Å². The Morgan fingerprint density at radius 1 is 1.50 bits per heavy atom. The molecule has 0 amide bonds. The molecule has 1 heterocycles. The molecule has 1 aromatic rings. The largest absolute Gasteiger partial charge is 0.316 e. The Labute approximate surface area is 91.8 Å². The Morgan fingerprint density at radius 2 is 2.29 bits per heavy atom. The van der Waals surface area contributed by atoms with E-state index in [-0.39, 0.29) is 11.2 Å². The van der Waals surface area contributed by atoms with Crippen LogP contribution in [-0.4, -0.2) is 13.1 Å². The predicted molar refractivity (Wildman–Crippen MR) is 58.9 cm³/mol. The Bertz CT molecular complexity index is 345. The van der Waals surface area contributed by atoms with E-state index in [1.807, 2.05) is 12.1 Å². The molecule has 0 radical (unpaired) electrons. The van der Waals surface area contributed by atoms with Gasteiger partial charge < -0.3 is 5.32 Å². The van der Waals surface area contributed by atoms with Crippen LogP contribution in [-0.2, 0) is 5.41 Å². The third kappa shape index (κ3) is 1.71. The summed E-state index contributed by atoms with van der Waals surface area (Å²) in [5.41, 5.74) is 0.788. The smallest absolute Gasteiger partial charge is 0.128 e. The van der Waals surface area contributed by atoms with E-state index in [4.69, 9.17) is 0 Å². The molecule has 1 aliphatic rings. The molecule has 14 heavy (non-hydrogen) atoms. The number of hydrogen-bond acceptors (Lipinski definition) is 1. The molecule has 0 aliphatic carbocycles. The van der Waals surface area contributed by atoms with E-state index in [9.17, 15) is 4.39 Å². The van der Waals surface area contributed by atoms with Crippen molar-refractivity contribution in [1.29, 1.82) is 0 Å². The minimum atomic E-state index is -0.106. The van der Waals surface area contributed by atoms with Crippen LogP contribution in [0.3, 0.4) is 0 Å². The minimum absolute atomic E-state index is 0.0369. The van der Waals surface area contributed by atoms with Crippen molar-refractivity contribution in [1.82, 2.24) is 5.32 Å². The van der Waals surface area contributed by atoms with Crippen LogP contribution in [0.2, 0.25) is 0 Å². The first-order valence-electron chi connectivity index (χ1n) is 4.78. The maximum Gasteiger partial charge on any atom is 0.128 e. The second-order valence-electron chi connectivity index (χ2n) is 4.11. The molecule has 3 heteroatoms. The molecule has 0 aromatic heterocycles. The molecule has 1 fully saturated rings. The van der Waals surface area contributed by atoms with Gasteiger partial charge in [0, 0.05) is 16.4 Å². The van der Waals surface area contributed by atoms with E-state index >= 15 is 0 Å². The lowest BCUT2D eigenvalue weighted by atomic mass is 9.81. The summed E-state index contributed by atoms with van der Waals surface area (Å²) in [6.07, 6.45) is 1.01. The number of benzene rings is 1. The summed E-state index contributed by atoms with van der Waals surface area (Å²) >= 11 is 3.27. The van der Waals surface area contributed by atoms with Crippen molar-refractivity contribution in [3.05, 3.63) is 34.1 Å². The Morgan fingerprint density at radius 3 is 2.86 bits per heavy atom. The van der Waals surface area contributed by atoms with Gasteiger partial charge in [0.2, 0.25) is 0 Å². The summed E-state index contributed by atoms with van der Waals surface area (Å²) in [5, 5.41) is 3.27. The Kier molecular flexibility index (Phi) is 2.62. The first kappa shape index (κ1) is 10.1. The van der Waals surface area contributed by atoms with Gasteiger partial charge in [0.15, 0.2) is 0 Å². The normalized spacial score (nSPS) is 26.8. The van der Waals surface area contributed by atoms with Crippen molar-refractivity contribution >= 4 is 15.9 Å². The van der Waals surface area contributed by atoms with Crippen LogP contribution in [0, 0.1) is 5.82 Å². The van der Waals surface area contributed by atoms with Gasteiger partial charge in [-0.2, -0.15) is 0 Å². The summed E-state index contributed by atoms with van der Waals surface area (Å²) in [6.45, 7) is 3.96. The molecule has 1 aromatic carbocycles. The topological polar surface area (TPSA) is 12.0 Å². The number of rotatable bonds is 1. The lowest BCUT2D eigenvalue weighted by Gasteiger charge is -2.23. The van der Waals surface area contributed by atoms with Crippen LogP contribution in [0.1, 0.15) is 18.9 Å². The highest BCUT2D eigenvalue weighted by Crippen LogP contribution is 2.32. The van der Waals surface area contributed by atoms with Gasteiger partial charge in [-0.25, -0.2) is 4.39 Å². The van der Waals surface area contributed by atoms with Gasteiger partial charge in [-0.1, -0.05) is 28.9 Å². The van der Waals surface area contributed by atoms with Gasteiger partial charge >= 0.3 is 0 Å². The average Bonchev–Trinajstić information content (AvgIpc) is 2.52. The van der Waals surface area contributed by atoms with E-state index in [0.717, 1.165) is 29.5 Å². The van der Waals surface area contributed by atoms with Crippen LogP contribution in [0.4, 0.5) is 4.39 Å². The maximum absolute atomic E-state index is 13.7. The van der Waals surface area contributed by atoms with Crippen LogP contribution >= 0.6 is 15.9 Å². The Hall–Kier alpha value is -0.410. The second-order valence-corrected chi connectivity index (χ2v) is 5.03. The zero-order chi connectivity index (χ0) is 10.2. The molecule has 76 valence electrons. The highest BCUT2D eigenvalue weighted by Gasteiger charge is 2.32. The Balaban J connectivity index is 2.40. The zero-order valence-electron chi connectivity index (χ0n) is 8.11. The van der Waals surface area contributed by atoms with Crippen molar-refractivity contribution in [2.45, 2.75) is 18.8 Å². The second kappa shape index (κ2) is 3.63. The van der Waals surface area contributed by atoms with Gasteiger partial charge in [0.25, 0.3) is 0 Å². The first-order chi connectivity index (χ1) is 6.62. The lowest BCUT2D eigenvalue weighted by Crippen LogP contribution is -2.26. The van der Waals surface area contributed by atoms with E-state index in [2.05, 4.69) is 28.2 Å². The average molecular weight is 258 g/mol. The summed E-state index contributed by atoms with van der Waals surface area (Å²) in [5.74, 6) is -0.106. The standard InChI is InChI=1S/C11H13BrFN/c1-11(4-5-14-7-11)9-3-2-8(12)6-10(9)13/h2-3,6,14H,4-5,7H2,1H3. The summed E-state index contributed by atoms with van der Waals surface area (Å²) in [7, 11) is 0. The third-order valence-electron chi connectivity index (χ3n) is 2.95. The predicted octanol–water partition coefficient (Wildman–Crippen LogP) is 2.84. The van der Waals surface area contributed by atoms with Crippen LogP contribution in [0.5, 0.6) is 0 Å². The van der Waals surface area contributed by atoms with Crippen LogP contribution in [0.25, 0.3) is 0 Å². The fraction of sp³-hybridized carbons (Fsp3) is 0.455. The quantitative estimate of drug-likeness (QED) is 0.816. The third-order valence-corrected chi connectivity index (χ3v) is 3.44. The molecular formula is C11H13BrFN. The molecule has 0 saturated carbocycles.